The van der Waals surface area contributed by atoms with E-state index in [2.05, 4.69) is 47.5 Å². The first-order valence-corrected chi connectivity index (χ1v) is 7.28. The summed E-state index contributed by atoms with van der Waals surface area (Å²) in [4.78, 5) is 2.50. The standard InChI is InChI=1S/C16H22N4.ClH/c1-13-10-19(9-8-17-13)11-15-12-20(18-14(15)2)16-6-4-3-5-7-16;/h3-7,12-13,17H,8-11H2,1-2H3;1H/t13-;/m0./s1. The number of aryl methyl sites for hydroxylation is 1. The first-order valence-electron chi connectivity index (χ1n) is 7.28. The van der Waals surface area contributed by atoms with Crippen molar-refractivity contribution >= 4 is 12.4 Å². The number of hydrogen-bond donors (Lipinski definition) is 1. The lowest BCUT2D eigenvalue weighted by molar-refractivity contribution is 0.199. The molecule has 1 saturated heterocycles. The van der Waals surface area contributed by atoms with Gasteiger partial charge in [0.25, 0.3) is 0 Å². The van der Waals surface area contributed by atoms with E-state index in [0.29, 0.717) is 6.04 Å². The van der Waals surface area contributed by atoms with E-state index in [1.54, 1.807) is 0 Å². The van der Waals surface area contributed by atoms with Crippen LogP contribution >= 0.6 is 12.4 Å². The number of hydrogen-bond acceptors (Lipinski definition) is 3. The lowest BCUT2D eigenvalue weighted by Crippen LogP contribution is -2.48. The van der Waals surface area contributed by atoms with E-state index in [1.165, 1.54) is 5.56 Å². The SMILES string of the molecule is Cc1nn(-c2ccccc2)cc1CN1CCN[C@@H](C)C1.Cl. The topological polar surface area (TPSA) is 33.1 Å². The summed E-state index contributed by atoms with van der Waals surface area (Å²) < 4.78 is 1.98. The Bertz CT molecular complexity index is 567. The second-order valence-electron chi connectivity index (χ2n) is 5.61. The Labute approximate surface area is 132 Å². The maximum atomic E-state index is 4.64. The van der Waals surface area contributed by atoms with Crippen LogP contribution in [0, 0.1) is 6.92 Å². The third-order valence-corrected chi connectivity index (χ3v) is 3.87. The van der Waals surface area contributed by atoms with Crippen molar-refractivity contribution in [2.24, 2.45) is 0 Å². The first-order chi connectivity index (χ1) is 9.72. The van der Waals surface area contributed by atoms with E-state index in [9.17, 15) is 0 Å². The number of benzene rings is 1. The molecule has 1 aliphatic rings. The van der Waals surface area contributed by atoms with Crippen LogP contribution in [0.25, 0.3) is 5.69 Å². The summed E-state index contributed by atoms with van der Waals surface area (Å²) in [7, 11) is 0. The van der Waals surface area contributed by atoms with Crippen molar-refractivity contribution < 1.29 is 0 Å². The second-order valence-corrected chi connectivity index (χ2v) is 5.61. The number of halogens is 1. The third-order valence-electron chi connectivity index (χ3n) is 3.87. The Morgan fingerprint density at radius 3 is 2.76 bits per heavy atom. The van der Waals surface area contributed by atoms with Crippen molar-refractivity contribution in [1.29, 1.82) is 0 Å². The predicted molar refractivity (Wildman–Crippen MR) is 88.3 cm³/mol. The minimum Gasteiger partial charge on any atom is -0.312 e. The summed E-state index contributed by atoms with van der Waals surface area (Å²) >= 11 is 0. The van der Waals surface area contributed by atoms with Crippen molar-refractivity contribution in [1.82, 2.24) is 20.0 Å². The van der Waals surface area contributed by atoms with Gasteiger partial charge in [0.15, 0.2) is 0 Å². The zero-order valence-electron chi connectivity index (χ0n) is 12.6. The van der Waals surface area contributed by atoms with Crippen molar-refractivity contribution in [3.05, 3.63) is 47.8 Å². The van der Waals surface area contributed by atoms with Gasteiger partial charge in [0, 0.05) is 44.0 Å². The van der Waals surface area contributed by atoms with Crippen molar-refractivity contribution in [2.75, 3.05) is 19.6 Å². The van der Waals surface area contributed by atoms with Gasteiger partial charge in [0.05, 0.1) is 11.4 Å². The zero-order chi connectivity index (χ0) is 13.9. The number of rotatable bonds is 3. The van der Waals surface area contributed by atoms with Crippen LogP contribution in [0.5, 0.6) is 0 Å². The average molecular weight is 307 g/mol. The minimum atomic E-state index is 0. The molecule has 4 nitrogen and oxygen atoms in total. The van der Waals surface area contributed by atoms with Crippen LogP contribution in [-0.4, -0.2) is 40.4 Å². The fraction of sp³-hybridized carbons (Fsp3) is 0.438. The Balaban J connectivity index is 0.00000161. The predicted octanol–water partition coefficient (Wildman–Crippen LogP) is 2.40. The summed E-state index contributed by atoms with van der Waals surface area (Å²) in [5.74, 6) is 0. The molecule has 21 heavy (non-hydrogen) atoms. The second kappa shape index (κ2) is 7.07. The Kier molecular flexibility index (Phi) is 5.39. The molecule has 0 saturated carbocycles. The van der Waals surface area contributed by atoms with Gasteiger partial charge in [-0.3, -0.25) is 4.90 Å². The molecule has 0 radical (unpaired) electrons. The molecule has 114 valence electrons. The van der Waals surface area contributed by atoms with Gasteiger partial charge in [-0.15, -0.1) is 12.4 Å². The normalized spacial score (nSPS) is 19.2. The molecule has 2 heterocycles. The van der Waals surface area contributed by atoms with Crippen LogP contribution in [0.1, 0.15) is 18.2 Å². The van der Waals surface area contributed by atoms with Gasteiger partial charge in [-0.25, -0.2) is 4.68 Å². The van der Waals surface area contributed by atoms with Crippen molar-refractivity contribution in [2.45, 2.75) is 26.4 Å². The van der Waals surface area contributed by atoms with Crippen molar-refractivity contribution in [3.63, 3.8) is 0 Å². The number of nitrogens with zero attached hydrogens (tertiary/aromatic N) is 3. The van der Waals surface area contributed by atoms with Crippen LogP contribution in [0.15, 0.2) is 36.5 Å². The Hall–Kier alpha value is -1.36. The van der Waals surface area contributed by atoms with E-state index in [-0.39, 0.29) is 12.4 Å². The molecule has 1 atom stereocenters. The molecule has 5 heteroatoms. The van der Waals surface area contributed by atoms with Gasteiger partial charge in [0.1, 0.15) is 0 Å². The average Bonchev–Trinajstić information content (AvgIpc) is 2.81. The van der Waals surface area contributed by atoms with E-state index >= 15 is 0 Å². The zero-order valence-corrected chi connectivity index (χ0v) is 13.4. The van der Waals surface area contributed by atoms with Crippen LogP contribution in [0.3, 0.4) is 0 Å². The molecule has 0 spiro atoms. The fourth-order valence-corrected chi connectivity index (χ4v) is 2.76. The number of piperazine rings is 1. The number of para-hydroxylation sites is 1. The summed E-state index contributed by atoms with van der Waals surface area (Å²) in [6.07, 6.45) is 2.16. The smallest absolute Gasteiger partial charge is 0.0645 e. The maximum absolute atomic E-state index is 4.64. The van der Waals surface area contributed by atoms with Gasteiger partial charge in [-0.2, -0.15) is 5.10 Å². The summed E-state index contributed by atoms with van der Waals surface area (Å²) in [6, 6.07) is 10.9. The van der Waals surface area contributed by atoms with Crippen LogP contribution in [-0.2, 0) is 6.54 Å². The lowest BCUT2D eigenvalue weighted by atomic mass is 10.2. The van der Waals surface area contributed by atoms with E-state index in [0.717, 1.165) is 37.6 Å². The molecule has 0 unspecified atom stereocenters. The molecular weight excluding hydrogens is 284 g/mol. The molecular formula is C16H23ClN4. The molecule has 3 rings (SSSR count). The highest BCUT2D eigenvalue weighted by Gasteiger charge is 2.17. The van der Waals surface area contributed by atoms with Crippen molar-refractivity contribution in [3.8, 4) is 5.69 Å². The van der Waals surface area contributed by atoms with E-state index in [1.807, 2.05) is 22.9 Å². The van der Waals surface area contributed by atoms with Crippen LogP contribution < -0.4 is 5.32 Å². The lowest BCUT2D eigenvalue weighted by Gasteiger charge is -2.31. The highest BCUT2D eigenvalue weighted by atomic mass is 35.5. The summed E-state index contributed by atoms with van der Waals surface area (Å²) in [5.41, 5.74) is 3.57. The van der Waals surface area contributed by atoms with E-state index in [4.69, 9.17) is 0 Å². The quantitative estimate of drug-likeness (QED) is 0.945. The molecule has 1 aromatic heterocycles. The number of nitrogens with one attached hydrogen (secondary N) is 1. The fourth-order valence-electron chi connectivity index (χ4n) is 2.76. The van der Waals surface area contributed by atoms with E-state index < -0.39 is 0 Å². The van der Waals surface area contributed by atoms with Gasteiger partial charge < -0.3 is 5.32 Å². The molecule has 0 bridgehead atoms. The molecule has 1 N–H and O–H groups in total. The third kappa shape index (κ3) is 3.84. The molecule has 1 aromatic carbocycles. The summed E-state index contributed by atoms with van der Waals surface area (Å²) in [5, 5.41) is 8.12. The van der Waals surface area contributed by atoms with Crippen LogP contribution in [0.2, 0.25) is 0 Å². The first kappa shape index (κ1) is 16.0. The maximum Gasteiger partial charge on any atom is 0.0645 e. The van der Waals surface area contributed by atoms with Gasteiger partial charge in [-0.1, -0.05) is 18.2 Å². The Morgan fingerprint density at radius 2 is 2.05 bits per heavy atom. The molecule has 2 aromatic rings. The van der Waals surface area contributed by atoms with Crippen LogP contribution in [0.4, 0.5) is 0 Å². The minimum absolute atomic E-state index is 0. The van der Waals surface area contributed by atoms with Gasteiger partial charge >= 0.3 is 0 Å². The summed E-state index contributed by atoms with van der Waals surface area (Å²) in [6.45, 7) is 8.63. The number of aromatic nitrogens is 2. The highest BCUT2D eigenvalue weighted by molar-refractivity contribution is 5.85. The molecule has 0 amide bonds. The molecule has 1 aliphatic heterocycles. The van der Waals surface area contributed by atoms with Gasteiger partial charge in [0.2, 0.25) is 0 Å². The monoisotopic (exact) mass is 306 g/mol. The molecule has 1 fully saturated rings. The molecule has 0 aliphatic carbocycles. The Morgan fingerprint density at radius 1 is 1.29 bits per heavy atom. The van der Waals surface area contributed by atoms with Gasteiger partial charge in [-0.05, 0) is 26.0 Å². The largest absolute Gasteiger partial charge is 0.312 e. The highest BCUT2D eigenvalue weighted by Crippen LogP contribution is 2.14.